The van der Waals surface area contributed by atoms with Gasteiger partial charge in [-0.1, -0.05) is 6.07 Å². The van der Waals surface area contributed by atoms with E-state index in [9.17, 15) is 4.79 Å². The highest BCUT2D eigenvalue weighted by Gasteiger charge is 2.12. The van der Waals surface area contributed by atoms with Crippen LogP contribution in [0.15, 0.2) is 67.0 Å². The van der Waals surface area contributed by atoms with Crippen LogP contribution in [-0.2, 0) is 4.79 Å². The highest BCUT2D eigenvalue weighted by atomic mass is 16.7. The lowest BCUT2D eigenvalue weighted by atomic mass is 10.2. The van der Waals surface area contributed by atoms with Gasteiger partial charge in [0.25, 0.3) is 0 Å². The van der Waals surface area contributed by atoms with Gasteiger partial charge in [0.15, 0.2) is 11.5 Å². The zero-order chi connectivity index (χ0) is 23.5. The molecule has 9 nitrogen and oxygen atoms in total. The predicted octanol–water partition coefficient (Wildman–Crippen LogP) is 4.45. The Kier molecular flexibility index (Phi) is 5.65. The number of hydrogen-bond donors (Lipinski definition) is 1. The van der Waals surface area contributed by atoms with Crippen molar-refractivity contribution in [2.24, 2.45) is 0 Å². The molecule has 0 saturated carbocycles. The number of ether oxygens (including phenoxy) is 3. The Morgan fingerprint density at radius 3 is 2.68 bits per heavy atom. The third-order valence-electron chi connectivity index (χ3n) is 5.04. The maximum absolute atomic E-state index is 12.3. The number of fused-ring (bicyclic) bond motifs is 1. The third kappa shape index (κ3) is 4.73. The van der Waals surface area contributed by atoms with Crippen LogP contribution in [0.1, 0.15) is 17.2 Å². The minimum atomic E-state index is -0.252. The monoisotopic (exact) mass is 455 g/mol. The van der Waals surface area contributed by atoms with Crippen LogP contribution in [0.3, 0.4) is 0 Å². The molecule has 0 saturated heterocycles. The van der Waals surface area contributed by atoms with Gasteiger partial charge in [-0.05, 0) is 61.9 Å². The average Bonchev–Trinajstić information content (AvgIpc) is 3.47. The molecule has 1 N–H and O–H groups in total. The molecule has 0 bridgehead atoms. The third-order valence-corrected chi connectivity index (χ3v) is 5.04. The minimum absolute atomic E-state index is 0.213. The second-order valence-electron chi connectivity index (χ2n) is 7.52. The first-order chi connectivity index (χ1) is 16.5. The molecule has 2 aromatic carbocycles. The van der Waals surface area contributed by atoms with Gasteiger partial charge >= 0.3 is 0 Å². The molecule has 0 spiro atoms. The smallest absolute Gasteiger partial charge is 0.248 e. The number of amides is 1. The quantitative estimate of drug-likeness (QED) is 0.429. The van der Waals surface area contributed by atoms with Gasteiger partial charge in [0.2, 0.25) is 18.6 Å². The zero-order valence-corrected chi connectivity index (χ0v) is 18.6. The number of aromatic nitrogens is 4. The Morgan fingerprint density at radius 2 is 1.88 bits per heavy atom. The molecule has 0 radical (unpaired) electrons. The number of benzene rings is 2. The Morgan fingerprint density at radius 1 is 1.06 bits per heavy atom. The molecule has 0 fully saturated rings. The van der Waals surface area contributed by atoms with E-state index >= 15 is 0 Å². The summed E-state index contributed by atoms with van der Waals surface area (Å²) in [7, 11) is 0. The first-order valence-corrected chi connectivity index (χ1v) is 10.6. The van der Waals surface area contributed by atoms with Gasteiger partial charge in [-0.2, -0.15) is 4.98 Å². The molecule has 0 atom stereocenters. The van der Waals surface area contributed by atoms with Crippen molar-refractivity contribution in [1.82, 2.24) is 19.5 Å². The van der Waals surface area contributed by atoms with Crippen molar-refractivity contribution >= 4 is 17.7 Å². The van der Waals surface area contributed by atoms with E-state index in [2.05, 4.69) is 20.3 Å². The summed E-state index contributed by atoms with van der Waals surface area (Å²) in [6.07, 6.45) is 6.72. The molecule has 0 aliphatic carbocycles. The van der Waals surface area contributed by atoms with E-state index in [1.807, 2.05) is 35.9 Å². The SMILES string of the molecule is Cc1nc(Oc2ccc(NC(=O)/C=C/c3ccc4c(c3)OCO4)cc2)cc(-n2ccnc2C)n1. The van der Waals surface area contributed by atoms with Crippen molar-refractivity contribution in [3.63, 3.8) is 0 Å². The van der Waals surface area contributed by atoms with Crippen LogP contribution in [0.5, 0.6) is 23.1 Å². The summed E-state index contributed by atoms with van der Waals surface area (Å²) in [5.41, 5.74) is 1.48. The van der Waals surface area contributed by atoms with Gasteiger partial charge in [-0.15, -0.1) is 0 Å². The fraction of sp³-hybridized carbons (Fsp3) is 0.120. The van der Waals surface area contributed by atoms with E-state index in [-0.39, 0.29) is 12.7 Å². The number of nitrogens with one attached hydrogen (secondary N) is 1. The maximum Gasteiger partial charge on any atom is 0.248 e. The van der Waals surface area contributed by atoms with Gasteiger partial charge in [-0.3, -0.25) is 9.36 Å². The summed E-state index contributed by atoms with van der Waals surface area (Å²) < 4.78 is 18.4. The maximum atomic E-state index is 12.3. The number of carbonyl (C=O) groups is 1. The van der Waals surface area contributed by atoms with Crippen molar-refractivity contribution in [1.29, 1.82) is 0 Å². The van der Waals surface area contributed by atoms with Crippen molar-refractivity contribution in [3.05, 3.63) is 84.2 Å². The lowest BCUT2D eigenvalue weighted by Crippen LogP contribution is -2.07. The summed E-state index contributed by atoms with van der Waals surface area (Å²) in [4.78, 5) is 25.3. The summed E-state index contributed by atoms with van der Waals surface area (Å²) in [5.74, 6) is 4.20. The second-order valence-corrected chi connectivity index (χ2v) is 7.52. The van der Waals surface area contributed by atoms with Crippen molar-refractivity contribution in [3.8, 4) is 28.9 Å². The highest BCUT2D eigenvalue weighted by molar-refractivity contribution is 6.02. The number of rotatable bonds is 6. The fourth-order valence-electron chi connectivity index (χ4n) is 3.42. The number of nitrogens with zero attached hydrogens (tertiary/aromatic N) is 4. The van der Waals surface area contributed by atoms with Gasteiger partial charge < -0.3 is 19.5 Å². The molecule has 34 heavy (non-hydrogen) atoms. The fourth-order valence-corrected chi connectivity index (χ4v) is 3.42. The van der Waals surface area contributed by atoms with Crippen LogP contribution in [0.25, 0.3) is 11.9 Å². The van der Waals surface area contributed by atoms with Gasteiger partial charge in [0.1, 0.15) is 23.2 Å². The molecule has 0 unspecified atom stereocenters. The summed E-state index contributed by atoms with van der Waals surface area (Å²) in [6, 6.07) is 14.3. The standard InChI is InChI=1S/C25H21N5O4/c1-16-27-23(30-12-11-26-17(30)2)14-25(28-16)34-20-7-5-19(6-8-20)29-24(31)10-4-18-3-9-21-22(13-18)33-15-32-21/h3-14H,15H2,1-2H3,(H,29,31)/b10-4+. The number of carbonyl (C=O) groups excluding carboxylic acids is 1. The number of aryl methyl sites for hydroxylation is 2. The normalized spacial score (nSPS) is 12.2. The largest absolute Gasteiger partial charge is 0.454 e. The lowest BCUT2D eigenvalue weighted by molar-refractivity contribution is -0.111. The van der Waals surface area contributed by atoms with Crippen LogP contribution in [-0.4, -0.2) is 32.2 Å². The number of anilines is 1. The van der Waals surface area contributed by atoms with Crippen molar-refractivity contribution in [2.75, 3.05) is 12.1 Å². The van der Waals surface area contributed by atoms with E-state index in [0.29, 0.717) is 40.5 Å². The Hall–Kier alpha value is -4.66. The second kappa shape index (κ2) is 9.07. The molecule has 4 aromatic rings. The molecule has 170 valence electrons. The molecule has 5 rings (SSSR count). The molecular weight excluding hydrogens is 434 g/mol. The van der Waals surface area contributed by atoms with Crippen molar-refractivity contribution < 1.29 is 19.0 Å². The van der Waals surface area contributed by atoms with Gasteiger partial charge in [0, 0.05) is 30.2 Å². The molecule has 1 amide bonds. The highest BCUT2D eigenvalue weighted by Crippen LogP contribution is 2.32. The van der Waals surface area contributed by atoms with Crippen LogP contribution < -0.4 is 19.5 Å². The molecule has 9 heteroatoms. The van der Waals surface area contributed by atoms with Gasteiger partial charge in [-0.25, -0.2) is 9.97 Å². The Labute approximate surface area is 195 Å². The van der Waals surface area contributed by atoms with Crippen LogP contribution in [0.4, 0.5) is 5.69 Å². The topological polar surface area (TPSA) is 100 Å². The molecular formula is C25H21N5O4. The van der Waals surface area contributed by atoms with E-state index in [4.69, 9.17) is 14.2 Å². The van der Waals surface area contributed by atoms with Crippen LogP contribution in [0, 0.1) is 13.8 Å². The predicted molar refractivity (Wildman–Crippen MR) is 125 cm³/mol. The first kappa shape index (κ1) is 21.2. The van der Waals surface area contributed by atoms with E-state index in [1.165, 1.54) is 6.08 Å². The summed E-state index contributed by atoms with van der Waals surface area (Å²) >= 11 is 0. The first-order valence-electron chi connectivity index (χ1n) is 10.6. The lowest BCUT2D eigenvalue weighted by Gasteiger charge is -2.10. The zero-order valence-electron chi connectivity index (χ0n) is 18.6. The van der Waals surface area contributed by atoms with Crippen molar-refractivity contribution in [2.45, 2.75) is 13.8 Å². The molecule has 2 aromatic heterocycles. The minimum Gasteiger partial charge on any atom is -0.454 e. The van der Waals surface area contributed by atoms with Gasteiger partial charge in [0.05, 0.1) is 0 Å². The van der Waals surface area contributed by atoms with Crippen LogP contribution >= 0.6 is 0 Å². The van der Waals surface area contributed by atoms with E-state index < -0.39 is 0 Å². The van der Waals surface area contributed by atoms with E-state index in [1.54, 1.807) is 49.5 Å². The number of imidazole rings is 1. The Balaban J connectivity index is 1.22. The molecule has 1 aliphatic heterocycles. The Bertz CT molecular complexity index is 1380. The summed E-state index contributed by atoms with van der Waals surface area (Å²) in [5, 5.41) is 2.83. The van der Waals surface area contributed by atoms with E-state index in [0.717, 1.165) is 11.4 Å². The molecule has 3 heterocycles. The van der Waals surface area contributed by atoms with Crippen LogP contribution in [0.2, 0.25) is 0 Å². The summed E-state index contributed by atoms with van der Waals surface area (Å²) in [6.45, 7) is 3.92. The number of hydrogen-bond acceptors (Lipinski definition) is 7. The average molecular weight is 455 g/mol. The molecule has 1 aliphatic rings.